The summed E-state index contributed by atoms with van der Waals surface area (Å²) in [6.07, 6.45) is 6.08. The molecule has 4 heterocycles. The van der Waals surface area contributed by atoms with Crippen LogP contribution < -0.4 is 5.32 Å². The van der Waals surface area contributed by atoms with Crippen molar-refractivity contribution in [3.05, 3.63) is 71.8 Å². The first-order valence-electron chi connectivity index (χ1n) is 12.0. The number of nitrogens with zero attached hydrogens (tertiary/aromatic N) is 4. The van der Waals surface area contributed by atoms with Gasteiger partial charge in [-0.25, -0.2) is 9.67 Å². The van der Waals surface area contributed by atoms with E-state index in [0.717, 1.165) is 22.2 Å². The Morgan fingerprint density at radius 1 is 1.14 bits per heavy atom. The number of nitrogens with one attached hydrogen (secondary N) is 1. The SMILES string of the molecule is Cc1ccccc1-c1cc(C(=O)NC2CCN(C(=O)c3ccoc3)CC2)c2cnn(C(C)C)c2n1. The number of carbonyl (C=O) groups excluding carboxylic acids is 2. The van der Waals surface area contributed by atoms with E-state index >= 15 is 0 Å². The van der Waals surface area contributed by atoms with Crippen molar-refractivity contribution >= 4 is 22.8 Å². The maximum atomic E-state index is 13.5. The third kappa shape index (κ3) is 4.43. The van der Waals surface area contributed by atoms with Gasteiger partial charge in [0.2, 0.25) is 0 Å². The Kier molecular flexibility index (Phi) is 6.11. The number of pyridine rings is 1. The Morgan fingerprint density at radius 3 is 2.60 bits per heavy atom. The lowest BCUT2D eigenvalue weighted by Crippen LogP contribution is -2.46. The Balaban J connectivity index is 1.39. The summed E-state index contributed by atoms with van der Waals surface area (Å²) in [5.74, 6) is -0.182. The number of rotatable bonds is 5. The average molecular weight is 472 g/mol. The highest BCUT2D eigenvalue weighted by Gasteiger charge is 2.27. The number of aryl methyl sites for hydroxylation is 1. The number of likely N-dealkylation sites (tertiary alicyclic amines) is 1. The molecule has 0 radical (unpaired) electrons. The molecule has 4 aromatic rings. The molecule has 0 bridgehead atoms. The van der Waals surface area contributed by atoms with Gasteiger partial charge < -0.3 is 14.6 Å². The van der Waals surface area contributed by atoms with E-state index in [-0.39, 0.29) is 23.9 Å². The fourth-order valence-electron chi connectivity index (χ4n) is 4.64. The third-order valence-electron chi connectivity index (χ3n) is 6.61. The summed E-state index contributed by atoms with van der Waals surface area (Å²) in [6.45, 7) is 7.31. The van der Waals surface area contributed by atoms with Crippen LogP contribution in [0.4, 0.5) is 0 Å². The standard InChI is InChI=1S/C27H29N5O3/c1-17(2)32-25-23(15-28-32)22(14-24(30-25)21-7-5-4-6-18(21)3)26(33)29-20-8-11-31(12-9-20)27(34)19-10-13-35-16-19/h4-7,10,13-17,20H,8-9,11-12H2,1-3H3,(H,29,33). The fraction of sp³-hybridized carbons (Fsp3) is 0.333. The monoisotopic (exact) mass is 471 g/mol. The first kappa shape index (κ1) is 22.8. The van der Waals surface area contributed by atoms with Gasteiger partial charge in [0.05, 0.1) is 34.7 Å². The highest BCUT2D eigenvalue weighted by molar-refractivity contribution is 6.06. The minimum Gasteiger partial charge on any atom is -0.472 e. The first-order chi connectivity index (χ1) is 16.9. The molecule has 8 nitrogen and oxygen atoms in total. The third-order valence-corrected chi connectivity index (χ3v) is 6.61. The fourth-order valence-corrected chi connectivity index (χ4v) is 4.64. The molecule has 1 saturated heterocycles. The van der Waals surface area contributed by atoms with Crippen LogP contribution in [0.2, 0.25) is 0 Å². The average Bonchev–Trinajstić information content (AvgIpc) is 3.54. The van der Waals surface area contributed by atoms with Crippen molar-refractivity contribution < 1.29 is 14.0 Å². The molecule has 0 spiro atoms. The van der Waals surface area contributed by atoms with Gasteiger partial charge in [-0.05, 0) is 51.3 Å². The molecule has 1 N–H and O–H groups in total. The number of hydrogen-bond acceptors (Lipinski definition) is 5. The summed E-state index contributed by atoms with van der Waals surface area (Å²) < 4.78 is 6.89. The van der Waals surface area contributed by atoms with Crippen LogP contribution in [0.5, 0.6) is 0 Å². The normalized spacial score (nSPS) is 14.6. The summed E-state index contributed by atoms with van der Waals surface area (Å²) in [5, 5.41) is 8.45. The van der Waals surface area contributed by atoms with Gasteiger partial charge in [0, 0.05) is 30.7 Å². The molecule has 1 aliphatic heterocycles. The Labute approximate surface area is 203 Å². The van der Waals surface area contributed by atoms with Crippen molar-refractivity contribution in [2.75, 3.05) is 13.1 Å². The summed E-state index contributed by atoms with van der Waals surface area (Å²) >= 11 is 0. The van der Waals surface area contributed by atoms with Gasteiger partial charge in [0.1, 0.15) is 6.26 Å². The second-order valence-electron chi connectivity index (χ2n) is 9.34. The van der Waals surface area contributed by atoms with Gasteiger partial charge in [-0.2, -0.15) is 5.10 Å². The van der Waals surface area contributed by atoms with Crippen LogP contribution in [0.3, 0.4) is 0 Å². The number of benzene rings is 1. The summed E-state index contributed by atoms with van der Waals surface area (Å²) in [5.41, 5.74) is 4.66. The van der Waals surface area contributed by atoms with Gasteiger partial charge in [-0.3, -0.25) is 9.59 Å². The lowest BCUT2D eigenvalue weighted by atomic mass is 10.0. The quantitative estimate of drug-likeness (QED) is 0.459. The molecular formula is C27H29N5O3. The van der Waals surface area contributed by atoms with Gasteiger partial charge in [0.15, 0.2) is 5.65 Å². The first-order valence-corrected chi connectivity index (χ1v) is 12.0. The van der Waals surface area contributed by atoms with Crippen molar-refractivity contribution in [3.63, 3.8) is 0 Å². The van der Waals surface area contributed by atoms with Gasteiger partial charge in [0.25, 0.3) is 11.8 Å². The molecule has 0 saturated carbocycles. The van der Waals surface area contributed by atoms with E-state index < -0.39 is 0 Å². The molecular weight excluding hydrogens is 442 g/mol. The Hall–Kier alpha value is -3.94. The van der Waals surface area contributed by atoms with Crippen molar-refractivity contribution in [1.29, 1.82) is 0 Å². The van der Waals surface area contributed by atoms with Crippen LogP contribution >= 0.6 is 0 Å². The predicted octanol–water partition coefficient (Wildman–Crippen LogP) is 4.62. The van der Waals surface area contributed by atoms with Crippen molar-refractivity contribution in [2.24, 2.45) is 0 Å². The van der Waals surface area contributed by atoms with E-state index in [1.165, 1.54) is 12.5 Å². The largest absolute Gasteiger partial charge is 0.472 e. The molecule has 8 heteroatoms. The predicted molar refractivity (Wildman–Crippen MR) is 133 cm³/mol. The van der Waals surface area contributed by atoms with E-state index in [2.05, 4.69) is 10.4 Å². The number of carbonyl (C=O) groups is 2. The van der Waals surface area contributed by atoms with Crippen LogP contribution in [0.15, 0.2) is 59.5 Å². The minimum atomic E-state index is -0.143. The molecule has 1 aliphatic rings. The number of amides is 2. The Morgan fingerprint density at radius 2 is 1.91 bits per heavy atom. The molecule has 1 aromatic carbocycles. The molecule has 2 amide bonds. The molecule has 3 aromatic heterocycles. The number of furan rings is 1. The highest BCUT2D eigenvalue weighted by Crippen LogP contribution is 2.28. The van der Waals surface area contributed by atoms with Crippen molar-refractivity contribution in [2.45, 2.75) is 45.7 Å². The zero-order chi connectivity index (χ0) is 24.5. The highest BCUT2D eigenvalue weighted by atomic mass is 16.3. The molecule has 0 aliphatic carbocycles. The molecule has 0 unspecified atom stereocenters. The lowest BCUT2D eigenvalue weighted by molar-refractivity contribution is 0.0697. The Bertz CT molecular complexity index is 1360. The van der Waals surface area contributed by atoms with Crippen molar-refractivity contribution in [3.8, 4) is 11.3 Å². The molecule has 1 fully saturated rings. The van der Waals surface area contributed by atoms with Crippen LogP contribution in [0.25, 0.3) is 22.3 Å². The summed E-state index contributed by atoms with van der Waals surface area (Å²) in [4.78, 5) is 32.8. The second kappa shape index (κ2) is 9.37. The van der Waals surface area contributed by atoms with Crippen LogP contribution in [-0.4, -0.2) is 50.6 Å². The maximum absolute atomic E-state index is 13.5. The van der Waals surface area contributed by atoms with Crippen LogP contribution in [0, 0.1) is 6.92 Å². The number of hydrogen-bond donors (Lipinski definition) is 1. The molecule has 0 atom stereocenters. The molecule has 180 valence electrons. The zero-order valence-corrected chi connectivity index (χ0v) is 20.2. The number of piperidine rings is 1. The van der Waals surface area contributed by atoms with Crippen molar-refractivity contribution in [1.82, 2.24) is 25.0 Å². The van der Waals surface area contributed by atoms with Crippen LogP contribution in [0.1, 0.15) is 59.0 Å². The van der Waals surface area contributed by atoms with E-state index in [4.69, 9.17) is 9.40 Å². The maximum Gasteiger partial charge on any atom is 0.257 e. The van der Waals surface area contributed by atoms with Gasteiger partial charge in [-0.15, -0.1) is 0 Å². The van der Waals surface area contributed by atoms with E-state index in [1.54, 1.807) is 17.2 Å². The minimum absolute atomic E-state index is 0.0128. The van der Waals surface area contributed by atoms with Crippen LogP contribution in [-0.2, 0) is 0 Å². The topological polar surface area (TPSA) is 93.3 Å². The molecule has 5 rings (SSSR count). The van der Waals surface area contributed by atoms with Gasteiger partial charge in [-0.1, -0.05) is 24.3 Å². The number of fused-ring (bicyclic) bond motifs is 1. The summed E-state index contributed by atoms with van der Waals surface area (Å²) in [7, 11) is 0. The van der Waals surface area contributed by atoms with E-state index in [9.17, 15) is 9.59 Å². The number of aromatic nitrogens is 3. The van der Waals surface area contributed by atoms with E-state index in [0.29, 0.717) is 42.7 Å². The smallest absolute Gasteiger partial charge is 0.257 e. The zero-order valence-electron chi connectivity index (χ0n) is 20.2. The lowest BCUT2D eigenvalue weighted by Gasteiger charge is -2.32. The second-order valence-corrected chi connectivity index (χ2v) is 9.34. The summed E-state index contributed by atoms with van der Waals surface area (Å²) in [6, 6.07) is 11.7. The van der Waals surface area contributed by atoms with Gasteiger partial charge >= 0.3 is 0 Å². The molecule has 35 heavy (non-hydrogen) atoms. The van der Waals surface area contributed by atoms with E-state index in [1.807, 2.05) is 55.8 Å².